The van der Waals surface area contributed by atoms with E-state index in [1.807, 2.05) is 37.3 Å². The molecular formula is C18H13N5O. The molecule has 0 aliphatic rings. The molecule has 6 nitrogen and oxygen atoms in total. The third-order valence-electron chi connectivity index (χ3n) is 3.90. The van der Waals surface area contributed by atoms with Gasteiger partial charge in [-0.3, -0.25) is 0 Å². The summed E-state index contributed by atoms with van der Waals surface area (Å²) < 4.78 is 7.25. The number of furan rings is 1. The molecule has 3 aromatic heterocycles. The van der Waals surface area contributed by atoms with Crippen molar-refractivity contribution in [2.75, 3.05) is 5.73 Å². The third kappa shape index (κ3) is 1.96. The van der Waals surface area contributed by atoms with Gasteiger partial charge < -0.3 is 10.2 Å². The second-order valence-corrected chi connectivity index (χ2v) is 5.37. The summed E-state index contributed by atoms with van der Waals surface area (Å²) >= 11 is 0. The van der Waals surface area contributed by atoms with Crippen molar-refractivity contribution in [3.05, 3.63) is 60.0 Å². The second-order valence-electron chi connectivity index (χ2n) is 5.37. The molecule has 6 heteroatoms. The van der Waals surface area contributed by atoms with Crippen molar-refractivity contribution in [2.24, 2.45) is 0 Å². The van der Waals surface area contributed by atoms with E-state index in [0.29, 0.717) is 22.5 Å². The largest absolute Gasteiger partial charge is 0.464 e. The normalized spacial score (nSPS) is 10.8. The molecule has 0 spiro atoms. The summed E-state index contributed by atoms with van der Waals surface area (Å²) in [4.78, 5) is 4.43. The lowest BCUT2D eigenvalue weighted by molar-refractivity contribution is 0.583. The van der Waals surface area contributed by atoms with E-state index in [1.165, 1.54) is 0 Å². The van der Waals surface area contributed by atoms with Crippen molar-refractivity contribution in [3.63, 3.8) is 0 Å². The van der Waals surface area contributed by atoms with Crippen LogP contribution in [0.5, 0.6) is 0 Å². The first-order chi connectivity index (χ1) is 11.7. The number of benzene rings is 1. The van der Waals surface area contributed by atoms with Crippen molar-refractivity contribution < 1.29 is 4.42 Å². The van der Waals surface area contributed by atoms with Gasteiger partial charge in [0.1, 0.15) is 23.2 Å². The Balaban J connectivity index is 2.15. The lowest BCUT2D eigenvalue weighted by Crippen LogP contribution is -2.02. The highest BCUT2D eigenvalue weighted by molar-refractivity contribution is 5.99. The van der Waals surface area contributed by atoms with E-state index < -0.39 is 0 Å². The number of nitrogens with two attached hydrogens (primary N) is 1. The zero-order valence-electron chi connectivity index (χ0n) is 12.9. The Morgan fingerprint density at radius 3 is 2.62 bits per heavy atom. The average molecular weight is 315 g/mol. The van der Waals surface area contributed by atoms with Gasteiger partial charge in [-0.05, 0) is 31.2 Å². The fourth-order valence-corrected chi connectivity index (χ4v) is 2.86. The molecule has 0 radical (unpaired) electrons. The Hall–Kier alpha value is -3.59. The fourth-order valence-electron chi connectivity index (χ4n) is 2.86. The molecule has 4 aromatic rings. The van der Waals surface area contributed by atoms with E-state index in [9.17, 15) is 5.26 Å². The van der Waals surface area contributed by atoms with Gasteiger partial charge in [0.25, 0.3) is 0 Å². The minimum absolute atomic E-state index is 0.161. The minimum atomic E-state index is 0.161. The van der Waals surface area contributed by atoms with Crippen LogP contribution in [0, 0.1) is 18.3 Å². The quantitative estimate of drug-likeness (QED) is 0.611. The minimum Gasteiger partial charge on any atom is -0.464 e. The van der Waals surface area contributed by atoms with Crippen LogP contribution in [-0.4, -0.2) is 14.8 Å². The van der Waals surface area contributed by atoms with E-state index in [4.69, 9.17) is 10.2 Å². The topological polar surface area (TPSA) is 93.7 Å². The summed E-state index contributed by atoms with van der Waals surface area (Å²) in [6.07, 6.45) is 1.57. The number of hydrogen-bond donors (Lipinski definition) is 1. The van der Waals surface area contributed by atoms with Gasteiger partial charge in [-0.25, -0.2) is 9.67 Å². The number of aryl methyl sites for hydroxylation is 1. The molecule has 0 atom stereocenters. The second kappa shape index (κ2) is 5.25. The lowest BCUT2D eigenvalue weighted by atomic mass is 10.0. The molecule has 0 unspecified atom stereocenters. The number of hydrogen-bond acceptors (Lipinski definition) is 5. The summed E-state index contributed by atoms with van der Waals surface area (Å²) in [7, 11) is 0. The molecule has 3 heterocycles. The molecule has 2 N–H and O–H groups in total. The Bertz CT molecular complexity index is 1070. The Morgan fingerprint density at radius 2 is 1.96 bits per heavy atom. The highest BCUT2D eigenvalue weighted by Gasteiger charge is 2.22. The molecule has 4 rings (SSSR count). The van der Waals surface area contributed by atoms with E-state index in [2.05, 4.69) is 16.2 Å². The van der Waals surface area contributed by atoms with E-state index >= 15 is 0 Å². The van der Waals surface area contributed by atoms with E-state index in [-0.39, 0.29) is 5.82 Å². The summed E-state index contributed by atoms with van der Waals surface area (Å²) in [6, 6.07) is 15.4. The number of aromatic nitrogens is 3. The predicted octanol–water partition coefficient (Wildman–Crippen LogP) is 3.44. The highest BCUT2D eigenvalue weighted by atomic mass is 16.3. The van der Waals surface area contributed by atoms with Crippen LogP contribution in [0.1, 0.15) is 11.3 Å². The van der Waals surface area contributed by atoms with Gasteiger partial charge in [-0.2, -0.15) is 10.4 Å². The maximum Gasteiger partial charge on any atom is 0.166 e. The fraction of sp³-hybridized carbons (Fsp3) is 0.0556. The number of nitrogens with zero attached hydrogens (tertiary/aromatic N) is 4. The molecule has 0 aliphatic carbocycles. The number of nitriles is 1. The van der Waals surface area contributed by atoms with Crippen LogP contribution >= 0.6 is 0 Å². The number of fused-ring (bicyclic) bond motifs is 1. The van der Waals surface area contributed by atoms with Crippen molar-refractivity contribution in [1.82, 2.24) is 14.8 Å². The smallest absolute Gasteiger partial charge is 0.166 e. The Morgan fingerprint density at radius 1 is 1.17 bits per heavy atom. The van der Waals surface area contributed by atoms with Gasteiger partial charge in [0.2, 0.25) is 0 Å². The van der Waals surface area contributed by atoms with Gasteiger partial charge in [0.15, 0.2) is 5.65 Å². The van der Waals surface area contributed by atoms with Crippen LogP contribution in [0.4, 0.5) is 5.82 Å². The molecular weight excluding hydrogens is 302 g/mol. The first-order valence-electron chi connectivity index (χ1n) is 7.39. The lowest BCUT2D eigenvalue weighted by Gasteiger charge is -2.07. The zero-order valence-corrected chi connectivity index (χ0v) is 12.9. The molecule has 0 fully saturated rings. The van der Waals surface area contributed by atoms with Gasteiger partial charge in [-0.1, -0.05) is 18.2 Å². The number of anilines is 1. The van der Waals surface area contributed by atoms with Crippen molar-refractivity contribution in [2.45, 2.75) is 6.92 Å². The van der Waals surface area contributed by atoms with Crippen molar-refractivity contribution >= 4 is 16.9 Å². The SMILES string of the molecule is Cc1nn(-c2ccccc2)c2nc(N)c(C#N)c(-c3ccco3)c12. The van der Waals surface area contributed by atoms with Gasteiger partial charge in [0.05, 0.1) is 28.6 Å². The third-order valence-corrected chi connectivity index (χ3v) is 3.90. The van der Waals surface area contributed by atoms with Gasteiger partial charge in [-0.15, -0.1) is 0 Å². The van der Waals surface area contributed by atoms with Crippen molar-refractivity contribution in [3.8, 4) is 23.1 Å². The van der Waals surface area contributed by atoms with Crippen molar-refractivity contribution in [1.29, 1.82) is 5.26 Å². The Kier molecular flexibility index (Phi) is 3.07. The molecule has 0 aliphatic heterocycles. The maximum atomic E-state index is 9.53. The number of pyridine rings is 1. The summed E-state index contributed by atoms with van der Waals surface area (Å²) in [6.45, 7) is 1.88. The Labute approximate surface area is 137 Å². The summed E-state index contributed by atoms with van der Waals surface area (Å²) in [5, 5.41) is 14.9. The van der Waals surface area contributed by atoms with Crippen LogP contribution in [0.25, 0.3) is 28.0 Å². The van der Waals surface area contributed by atoms with Crippen LogP contribution in [-0.2, 0) is 0 Å². The summed E-state index contributed by atoms with van der Waals surface area (Å²) in [5.74, 6) is 0.731. The first-order valence-corrected chi connectivity index (χ1v) is 7.39. The average Bonchev–Trinajstić information content (AvgIpc) is 3.23. The van der Waals surface area contributed by atoms with E-state index in [1.54, 1.807) is 23.1 Å². The van der Waals surface area contributed by atoms with Gasteiger partial charge in [0, 0.05) is 0 Å². The first kappa shape index (κ1) is 14.0. The molecule has 116 valence electrons. The van der Waals surface area contributed by atoms with Gasteiger partial charge >= 0.3 is 0 Å². The van der Waals surface area contributed by atoms with Crippen LogP contribution in [0.2, 0.25) is 0 Å². The number of rotatable bonds is 2. The molecule has 0 saturated carbocycles. The maximum absolute atomic E-state index is 9.53. The monoisotopic (exact) mass is 315 g/mol. The standard InChI is InChI=1S/C18H13N5O/c1-11-15-16(14-8-5-9-24-14)13(10-19)17(20)21-18(15)23(22-11)12-6-3-2-4-7-12/h2-9H,1H3,(H2,20,21). The van der Waals surface area contributed by atoms with E-state index in [0.717, 1.165) is 16.8 Å². The molecule has 24 heavy (non-hydrogen) atoms. The predicted molar refractivity (Wildman–Crippen MR) is 90.4 cm³/mol. The number of para-hydroxylation sites is 1. The zero-order chi connectivity index (χ0) is 16.7. The molecule has 0 bridgehead atoms. The molecule has 0 amide bonds. The molecule has 0 saturated heterocycles. The molecule has 1 aromatic carbocycles. The van der Waals surface area contributed by atoms with Crippen LogP contribution < -0.4 is 5.73 Å². The summed E-state index contributed by atoms with van der Waals surface area (Å²) in [5.41, 5.74) is 9.20. The van der Waals surface area contributed by atoms with Crippen LogP contribution in [0.3, 0.4) is 0 Å². The van der Waals surface area contributed by atoms with Crippen LogP contribution in [0.15, 0.2) is 53.1 Å². The number of nitrogen functional groups attached to an aromatic ring is 1. The highest BCUT2D eigenvalue weighted by Crippen LogP contribution is 2.36.